The zero-order chi connectivity index (χ0) is 19.9. The summed E-state index contributed by atoms with van der Waals surface area (Å²) in [5.41, 5.74) is 1.75. The van der Waals surface area contributed by atoms with Crippen LogP contribution in [0.5, 0.6) is 0 Å². The molecule has 0 aliphatic heterocycles. The third kappa shape index (κ3) is 4.89. The predicted molar refractivity (Wildman–Crippen MR) is 112 cm³/mol. The van der Waals surface area contributed by atoms with Gasteiger partial charge in [0.1, 0.15) is 0 Å². The van der Waals surface area contributed by atoms with Crippen LogP contribution in [0.3, 0.4) is 0 Å². The maximum Gasteiger partial charge on any atom is 0.276 e. The van der Waals surface area contributed by atoms with Gasteiger partial charge in [0.05, 0.1) is 22.7 Å². The van der Waals surface area contributed by atoms with Gasteiger partial charge in [0.2, 0.25) is 0 Å². The largest absolute Gasteiger partial charge is 0.303 e. The minimum atomic E-state index is -0.468. The van der Waals surface area contributed by atoms with E-state index in [0.717, 1.165) is 10.2 Å². The summed E-state index contributed by atoms with van der Waals surface area (Å²) in [6.07, 6.45) is 4.47. The molecular formula is C21H16BrN3O3. The average Bonchev–Trinajstić information content (AvgIpc) is 2.72. The van der Waals surface area contributed by atoms with Crippen molar-refractivity contribution in [2.75, 3.05) is 4.90 Å². The number of carbonyl (C=O) groups is 1. The van der Waals surface area contributed by atoms with Gasteiger partial charge in [-0.25, -0.2) is 0 Å². The highest BCUT2D eigenvalue weighted by Gasteiger charge is 2.16. The van der Waals surface area contributed by atoms with Crippen LogP contribution in [0, 0.1) is 10.1 Å². The quantitative estimate of drug-likeness (QED) is 0.308. The highest BCUT2D eigenvalue weighted by molar-refractivity contribution is 9.10. The first-order valence-electron chi connectivity index (χ1n) is 8.43. The number of rotatable bonds is 6. The van der Waals surface area contributed by atoms with E-state index in [9.17, 15) is 14.9 Å². The number of nitro benzene ring substituents is 1. The van der Waals surface area contributed by atoms with Crippen LogP contribution in [0.2, 0.25) is 0 Å². The van der Waals surface area contributed by atoms with Gasteiger partial charge in [-0.1, -0.05) is 34.1 Å². The molecule has 0 atom stereocenters. The molecule has 140 valence electrons. The van der Waals surface area contributed by atoms with Gasteiger partial charge in [-0.15, -0.1) is 0 Å². The Labute approximate surface area is 170 Å². The molecule has 0 N–H and O–H groups in total. The monoisotopic (exact) mass is 437 g/mol. The van der Waals surface area contributed by atoms with Crippen molar-refractivity contribution in [3.8, 4) is 0 Å². The van der Waals surface area contributed by atoms with Gasteiger partial charge < -0.3 is 4.90 Å². The lowest BCUT2D eigenvalue weighted by Crippen LogP contribution is -2.29. The van der Waals surface area contributed by atoms with Crippen molar-refractivity contribution in [2.24, 2.45) is 0 Å². The van der Waals surface area contributed by atoms with Gasteiger partial charge in [-0.2, -0.15) is 0 Å². The molecule has 0 saturated heterocycles. The number of nitro groups is 1. The smallest absolute Gasteiger partial charge is 0.276 e. The fourth-order valence-corrected chi connectivity index (χ4v) is 2.88. The Morgan fingerprint density at radius 1 is 1.07 bits per heavy atom. The van der Waals surface area contributed by atoms with Crippen molar-refractivity contribution in [3.05, 3.63) is 105 Å². The molecule has 0 fully saturated rings. The third-order valence-electron chi connectivity index (χ3n) is 3.99. The average molecular weight is 438 g/mol. The van der Waals surface area contributed by atoms with Crippen LogP contribution in [0.25, 0.3) is 6.08 Å². The molecule has 1 amide bonds. The SMILES string of the molecule is O=C(/C=C/c1ccccc1[N+](=O)[O-])N(Cc1ccccn1)c1ccc(Br)cc1. The molecule has 0 aliphatic carbocycles. The molecule has 7 heteroatoms. The van der Waals surface area contributed by atoms with Crippen molar-refractivity contribution in [1.29, 1.82) is 0 Å². The van der Waals surface area contributed by atoms with Crippen LogP contribution in [-0.2, 0) is 11.3 Å². The predicted octanol–water partition coefficient (Wildman–Crippen LogP) is 5.00. The maximum absolute atomic E-state index is 12.9. The van der Waals surface area contributed by atoms with Crippen molar-refractivity contribution >= 4 is 39.3 Å². The summed E-state index contributed by atoms with van der Waals surface area (Å²) in [7, 11) is 0. The van der Waals surface area contributed by atoms with E-state index in [-0.39, 0.29) is 18.1 Å². The Hall–Kier alpha value is -3.32. The zero-order valence-corrected chi connectivity index (χ0v) is 16.3. The van der Waals surface area contributed by atoms with E-state index in [1.165, 1.54) is 18.2 Å². The van der Waals surface area contributed by atoms with E-state index in [0.29, 0.717) is 11.3 Å². The fraction of sp³-hybridized carbons (Fsp3) is 0.0476. The molecule has 3 rings (SSSR count). The summed E-state index contributed by atoms with van der Waals surface area (Å²) < 4.78 is 0.900. The molecule has 1 aromatic heterocycles. The van der Waals surface area contributed by atoms with E-state index in [1.807, 2.05) is 42.5 Å². The first kappa shape index (κ1) is 19.4. The van der Waals surface area contributed by atoms with Crippen molar-refractivity contribution in [3.63, 3.8) is 0 Å². The maximum atomic E-state index is 12.9. The lowest BCUT2D eigenvalue weighted by molar-refractivity contribution is -0.385. The van der Waals surface area contributed by atoms with E-state index in [1.54, 1.807) is 29.3 Å². The van der Waals surface area contributed by atoms with Crippen molar-refractivity contribution in [2.45, 2.75) is 6.54 Å². The Kier molecular flexibility index (Phi) is 6.29. The first-order valence-corrected chi connectivity index (χ1v) is 9.22. The second-order valence-corrected chi connectivity index (χ2v) is 6.79. The molecule has 28 heavy (non-hydrogen) atoms. The lowest BCUT2D eigenvalue weighted by Gasteiger charge is -2.21. The highest BCUT2D eigenvalue weighted by atomic mass is 79.9. The summed E-state index contributed by atoms with van der Waals surface area (Å²) >= 11 is 3.39. The zero-order valence-electron chi connectivity index (χ0n) is 14.7. The number of para-hydroxylation sites is 1. The van der Waals surface area contributed by atoms with Gasteiger partial charge in [0, 0.05) is 28.5 Å². The first-order chi connectivity index (χ1) is 13.5. The number of anilines is 1. The highest BCUT2D eigenvalue weighted by Crippen LogP contribution is 2.22. The molecule has 0 aliphatic rings. The normalized spacial score (nSPS) is 10.8. The minimum Gasteiger partial charge on any atom is -0.303 e. The van der Waals surface area contributed by atoms with Crippen LogP contribution >= 0.6 is 15.9 Å². The minimum absolute atomic E-state index is 0.0496. The number of amides is 1. The second kappa shape index (κ2) is 9.05. The van der Waals surface area contributed by atoms with Gasteiger partial charge in [-0.05, 0) is 48.5 Å². The van der Waals surface area contributed by atoms with Crippen molar-refractivity contribution in [1.82, 2.24) is 4.98 Å². The summed E-state index contributed by atoms with van der Waals surface area (Å²) in [5, 5.41) is 11.2. The molecule has 1 heterocycles. The van der Waals surface area contributed by atoms with Gasteiger partial charge >= 0.3 is 0 Å². The van der Waals surface area contributed by atoms with Gasteiger partial charge in [0.15, 0.2) is 0 Å². The van der Waals surface area contributed by atoms with Gasteiger partial charge in [-0.3, -0.25) is 19.9 Å². The molecule has 0 spiro atoms. The summed E-state index contributed by atoms with van der Waals surface area (Å²) in [5.74, 6) is -0.300. The van der Waals surface area contributed by atoms with Crippen LogP contribution in [0.4, 0.5) is 11.4 Å². The Morgan fingerprint density at radius 2 is 1.79 bits per heavy atom. The third-order valence-corrected chi connectivity index (χ3v) is 4.52. The van der Waals surface area contributed by atoms with E-state index in [4.69, 9.17) is 0 Å². The number of nitrogens with zero attached hydrogens (tertiary/aromatic N) is 3. The number of hydrogen-bond donors (Lipinski definition) is 0. The standard InChI is InChI=1S/C21H16BrN3O3/c22-17-9-11-19(12-10-17)24(15-18-6-3-4-14-23-18)21(26)13-8-16-5-1-2-7-20(16)25(27)28/h1-14H,15H2/b13-8+. The Bertz CT molecular complexity index is 1000. The molecule has 3 aromatic rings. The molecule has 0 unspecified atom stereocenters. The molecule has 0 saturated carbocycles. The van der Waals surface area contributed by atoms with E-state index < -0.39 is 4.92 Å². The summed E-state index contributed by atoms with van der Waals surface area (Å²) in [6.45, 7) is 0.280. The topological polar surface area (TPSA) is 76.3 Å². The fourth-order valence-electron chi connectivity index (χ4n) is 2.62. The Balaban J connectivity index is 1.90. The van der Waals surface area contributed by atoms with Crippen LogP contribution < -0.4 is 4.90 Å². The van der Waals surface area contributed by atoms with Crippen molar-refractivity contribution < 1.29 is 9.72 Å². The number of aromatic nitrogens is 1. The van der Waals surface area contributed by atoms with E-state index >= 15 is 0 Å². The number of halogens is 1. The van der Waals surface area contributed by atoms with Crippen LogP contribution in [-0.4, -0.2) is 15.8 Å². The lowest BCUT2D eigenvalue weighted by atomic mass is 10.1. The van der Waals surface area contributed by atoms with Crippen LogP contribution in [0.15, 0.2) is 83.5 Å². The number of pyridine rings is 1. The second-order valence-electron chi connectivity index (χ2n) is 5.87. The van der Waals surface area contributed by atoms with Crippen LogP contribution in [0.1, 0.15) is 11.3 Å². The molecule has 2 aromatic carbocycles. The number of carbonyl (C=O) groups excluding carboxylic acids is 1. The number of hydrogen-bond acceptors (Lipinski definition) is 4. The summed E-state index contributed by atoms with van der Waals surface area (Å²) in [4.78, 5) is 29.5. The van der Waals surface area contributed by atoms with E-state index in [2.05, 4.69) is 20.9 Å². The number of benzene rings is 2. The summed E-state index contributed by atoms with van der Waals surface area (Å²) in [6, 6.07) is 19.1. The molecule has 0 radical (unpaired) electrons. The molecule has 6 nitrogen and oxygen atoms in total. The van der Waals surface area contributed by atoms with Gasteiger partial charge in [0.25, 0.3) is 11.6 Å². The molecular weight excluding hydrogens is 422 g/mol. The molecule has 0 bridgehead atoms. The Morgan fingerprint density at radius 3 is 2.46 bits per heavy atom.